The summed E-state index contributed by atoms with van der Waals surface area (Å²) in [7, 11) is 3.39. The van der Waals surface area contributed by atoms with Gasteiger partial charge < -0.3 is 15.5 Å². The second-order valence-corrected chi connectivity index (χ2v) is 9.89. The van der Waals surface area contributed by atoms with Gasteiger partial charge in [-0.25, -0.2) is 14.3 Å². The SMILES string of the molecule is C=Cc1c(/C=C\C)cccc1NC(=O)Nc1cc(C(C)(C)C)nn1-c1cccc(CNC(=O)N(C)C)c1. The number of allylic oxidation sites excluding steroid dienone is 1. The van der Waals surface area contributed by atoms with Crippen LogP contribution in [0.15, 0.2) is 61.2 Å². The summed E-state index contributed by atoms with van der Waals surface area (Å²) in [6, 6.07) is 14.7. The number of anilines is 2. The van der Waals surface area contributed by atoms with Gasteiger partial charge in [0.15, 0.2) is 0 Å². The number of urea groups is 2. The van der Waals surface area contributed by atoms with Crippen LogP contribution in [0.1, 0.15) is 50.1 Å². The van der Waals surface area contributed by atoms with Gasteiger partial charge in [0, 0.05) is 37.7 Å². The van der Waals surface area contributed by atoms with Crippen molar-refractivity contribution in [2.75, 3.05) is 24.7 Å². The molecule has 3 N–H and O–H groups in total. The minimum absolute atomic E-state index is 0.170. The predicted octanol–water partition coefficient (Wildman–Crippen LogP) is 6.26. The van der Waals surface area contributed by atoms with Gasteiger partial charge >= 0.3 is 12.1 Å². The molecule has 194 valence electrons. The van der Waals surface area contributed by atoms with Crippen LogP contribution < -0.4 is 16.0 Å². The lowest BCUT2D eigenvalue weighted by molar-refractivity contribution is 0.217. The molecule has 0 bridgehead atoms. The van der Waals surface area contributed by atoms with E-state index in [0.29, 0.717) is 18.1 Å². The van der Waals surface area contributed by atoms with E-state index in [4.69, 9.17) is 5.10 Å². The number of aromatic nitrogens is 2. The minimum Gasteiger partial charge on any atom is -0.334 e. The fourth-order valence-corrected chi connectivity index (χ4v) is 3.68. The first-order chi connectivity index (χ1) is 17.5. The van der Waals surface area contributed by atoms with Crippen molar-refractivity contribution >= 4 is 35.7 Å². The molecular formula is C29H36N6O2. The van der Waals surface area contributed by atoms with Crippen molar-refractivity contribution in [2.24, 2.45) is 0 Å². The van der Waals surface area contributed by atoms with E-state index < -0.39 is 6.03 Å². The van der Waals surface area contributed by atoms with Crippen LogP contribution in [0.3, 0.4) is 0 Å². The van der Waals surface area contributed by atoms with Gasteiger partial charge in [0.05, 0.1) is 17.1 Å². The number of hydrogen-bond acceptors (Lipinski definition) is 3. The molecule has 0 spiro atoms. The van der Waals surface area contributed by atoms with E-state index in [1.807, 2.05) is 67.6 Å². The zero-order chi connectivity index (χ0) is 27.2. The number of rotatable bonds is 7. The van der Waals surface area contributed by atoms with Crippen LogP contribution in [0.25, 0.3) is 17.8 Å². The first kappa shape index (κ1) is 27.3. The van der Waals surface area contributed by atoms with Gasteiger partial charge in [-0.05, 0) is 36.2 Å². The Morgan fingerprint density at radius 2 is 1.81 bits per heavy atom. The van der Waals surface area contributed by atoms with Crippen molar-refractivity contribution in [2.45, 2.75) is 39.7 Å². The molecule has 8 nitrogen and oxygen atoms in total. The number of benzene rings is 2. The van der Waals surface area contributed by atoms with Gasteiger partial charge in [-0.3, -0.25) is 5.32 Å². The van der Waals surface area contributed by atoms with Crippen LogP contribution >= 0.6 is 0 Å². The van der Waals surface area contributed by atoms with Crippen molar-refractivity contribution in [3.63, 3.8) is 0 Å². The van der Waals surface area contributed by atoms with Crippen LogP contribution in [0, 0.1) is 0 Å². The van der Waals surface area contributed by atoms with Gasteiger partial charge in [-0.1, -0.05) is 69.8 Å². The number of nitrogens with one attached hydrogen (secondary N) is 3. The van der Waals surface area contributed by atoms with E-state index in [1.165, 1.54) is 4.90 Å². The van der Waals surface area contributed by atoms with E-state index in [2.05, 4.69) is 43.3 Å². The van der Waals surface area contributed by atoms with Gasteiger partial charge in [0.1, 0.15) is 5.82 Å². The van der Waals surface area contributed by atoms with Gasteiger partial charge in [-0.2, -0.15) is 5.10 Å². The molecule has 0 saturated carbocycles. The summed E-state index contributed by atoms with van der Waals surface area (Å²) in [5.74, 6) is 0.529. The lowest BCUT2D eigenvalue weighted by atomic mass is 9.92. The lowest BCUT2D eigenvalue weighted by Crippen LogP contribution is -2.33. The van der Waals surface area contributed by atoms with Crippen molar-refractivity contribution < 1.29 is 9.59 Å². The largest absolute Gasteiger partial charge is 0.334 e. The first-order valence-electron chi connectivity index (χ1n) is 12.1. The number of carbonyl (C=O) groups excluding carboxylic acids is 2. The Balaban J connectivity index is 1.91. The summed E-state index contributed by atoms with van der Waals surface area (Å²) in [6.45, 7) is 12.4. The number of carbonyl (C=O) groups is 2. The molecule has 2 aromatic carbocycles. The van der Waals surface area contributed by atoms with Gasteiger partial charge in [-0.15, -0.1) is 0 Å². The zero-order valence-corrected chi connectivity index (χ0v) is 22.4. The molecule has 1 aromatic heterocycles. The highest BCUT2D eigenvalue weighted by molar-refractivity contribution is 6.01. The third kappa shape index (κ3) is 6.88. The fraction of sp³-hybridized carbons (Fsp3) is 0.276. The highest BCUT2D eigenvalue weighted by Crippen LogP contribution is 2.27. The highest BCUT2D eigenvalue weighted by atomic mass is 16.2. The van der Waals surface area contributed by atoms with E-state index >= 15 is 0 Å². The van der Waals surface area contributed by atoms with Crippen LogP contribution in [0.5, 0.6) is 0 Å². The molecule has 0 aliphatic rings. The predicted molar refractivity (Wildman–Crippen MR) is 152 cm³/mol. The molecule has 0 aliphatic heterocycles. The van der Waals surface area contributed by atoms with Crippen LogP contribution in [-0.4, -0.2) is 40.8 Å². The number of hydrogen-bond donors (Lipinski definition) is 3. The lowest BCUT2D eigenvalue weighted by Gasteiger charge is -2.15. The molecule has 37 heavy (non-hydrogen) atoms. The Morgan fingerprint density at radius 3 is 2.46 bits per heavy atom. The Kier molecular flexibility index (Phi) is 8.55. The standard InChI is InChI=1S/C29H36N6O2/c1-8-12-21-14-11-16-24(23(21)9-2)31-27(36)32-26-18-25(29(3,4)5)33-35(26)22-15-10-13-20(17-22)19-30-28(37)34(6)7/h8-18H,2,19H2,1,3-7H3,(H,30,37)(H2,31,32,36)/b12-8-. The molecular weight excluding hydrogens is 464 g/mol. The van der Waals surface area contributed by atoms with Crippen LogP contribution in [0.2, 0.25) is 0 Å². The topological polar surface area (TPSA) is 91.3 Å². The summed E-state index contributed by atoms with van der Waals surface area (Å²) < 4.78 is 1.71. The van der Waals surface area contributed by atoms with Gasteiger partial charge in [0.25, 0.3) is 0 Å². The van der Waals surface area contributed by atoms with Crippen LogP contribution in [-0.2, 0) is 12.0 Å². The molecule has 0 aliphatic carbocycles. The number of amides is 4. The zero-order valence-electron chi connectivity index (χ0n) is 22.4. The fourth-order valence-electron chi connectivity index (χ4n) is 3.68. The van der Waals surface area contributed by atoms with Crippen molar-refractivity contribution in [1.29, 1.82) is 0 Å². The Labute approximate surface area is 219 Å². The maximum absolute atomic E-state index is 13.1. The smallest absolute Gasteiger partial charge is 0.324 e. The second kappa shape index (κ2) is 11.6. The Morgan fingerprint density at radius 1 is 1.08 bits per heavy atom. The van der Waals surface area contributed by atoms with Crippen molar-refractivity contribution in [3.8, 4) is 5.69 Å². The molecule has 0 radical (unpaired) electrons. The molecule has 3 aromatic rings. The second-order valence-electron chi connectivity index (χ2n) is 9.89. The molecule has 1 heterocycles. The molecule has 4 amide bonds. The maximum atomic E-state index is 13.1. The Hall–Kier alpha value is -4.33. The maximum Gasteiger partial charge on any atom is 0.324 e. The summed E-state index contributed by atoms with van der Waals surface area (Å²) in [5.41, 5.74) is 4.74. The Bertz CT molecular complexity index is 1310. The number of nitrogens with zero attached hydrogens (tertiary/aromatic N) is 3. The molecule has 8 heteroatoms. The molecule has 0 unspecified atom stereocenters. The summed E-state index contributed by atoms with van der Waals surface area (Å²) >= 11 is 0. The highest BCUT2D eigenvalue weighted by Gasteiger charge is 2.22. The average molecular weight is 501 g/mol. The van der Waals surface area contributed by atoms with E-state index in [0.717, 1.165) is 28.1 Å². The normalized spacial score (nSPS) is 11.3. The van der Waals surface area contributed by atoms with Crippen molar-refractivity contribution in [1.82, 2.24) is 20.0 Å². The summed E-state index contributed by atoms with van der Waals surface area (Å²) in [5, 5.41) is 13.6. The summed E-state index contributed by atoms with van der Waals surface area (Å²) in [6.07, 6.45) is 5.64. The summed E-state index contributed by atoms with van der Waals surface area (Å²) in [4.78, 5) is 26.5. The van der Waals surface area contributed by atoms with E-state index in [1.54, 1.807) is 24.9 Å². The van der Waals surface area contributed by atoms with Gasteiger partial charge in [0.2, 0.25) is 0 Å². The first-order valence-corrected chi connectivity index (χ1v) is 12.1. The monoisotopic (exact) mass is 500 g/mol. The minimum atomic E-state index is -0.392. The van der Waals surface area contributed by atoms with E-state index in [-0.39, 0.29) is 11.4 Å². The quantitative estimate of drug-likeness (QED) is 0.357. The molecule has 0 atom stereocenters. The van der Waals surface area contributed by atoms with Crippen molar-refractivity contribution in [3.05, 3.63) is 83.6 Å². The molecule has 0 fully saturated rings. The molecule has 3 rings (SSSR count). The average Bonchev–Trinajstić information content (AvgIpc) is 3.27. The third-order valence-corrected chi connectivity index (χ3v) is 5.66. The van der Waals surface area contributed by atoms with Crippen LogP contribution in [0.4, 0.5) is 21.1 Å². The third-order valence-electron chi connectivity index (χ3n) is 5.66. The molecule has 0 saturated heterocycles. The van der Waals surface area contributed by atoms with E-state index in [9.17, 15) is 9.59 Å².